The lowest BCUT2D eigenvalue weighted by Gasteiger charge is -2.27. The van der Waals surface area contributed by atoms with Crippen LogP contribution >= 0.6 is 0 Å². The van der Waals surface area contributed by atoms with E-state index in [1.165, 1.54) is 4.90 Å². The van der Waals surface area contributed by atoms with Gasteiger partial charge in [-0.2, -0.15) is 0 Å². The summed E-state index contributed by atoms with van der Waals surface area (Å²) >= 11 is 0. The molecule has 0 radical (unpaired) electrons. The fourth-order valence-electron chi connectivity index (χ4n) is 3.14. The summed E-state index contributed by atoms with van der Waals surface area (Å²) in [5.41, 5.74) is 2.23. The highest BCUT2D eigenvalue weighted by Crippen LogP contribution is 2.31. The molecule has 1 atom stereocenters. The molecule has 0 saturated carbocycles. The van der Waals surface area contributed by atoms with Crippen LogP contribution in [0.2, 0.25) is 0 Å². The Morgan fingerprint density at radius 1 is 1.11 bits per heavy atom. The Balaban J connectivity index is 1.61. The van der Waals surface area contributed by atoms with Crippen molar-refractivity contribution in [2.45, 2.75) is 32.2 Å². The Morgan fingerprint density at radius 3 is 2.59 bits per heavy atom. The molecule has 0 fully saturated rings. The van der Waals surface area contributed by atoms with Crippen LogP contribution in [0.1, 0.15) is 25.3 Å². The predicted molar refractivity (Wildman–Crippen MR) is 102 cm³/mol. The fourth-order valence-corrected chi connectivity index (χ4v) is 3.14. The van der Waals surface area contributed by atoms with Gasteiger partial charge >= 0.3 is 5.97 Å². The van der Waals surface area contributed by atoms with Gasteiger partial charge in [0.2, 0.25) is 5.91 Å². The fraction of sp³-hybridized carbons (Fsp3) is 0.286. The summed E-state index contributed by atoms with van der Waals surface area (Å²) in [5, 5.41) is 2.80. The summed E-state index contributed by atoms with van der Waals surface area (Å²) in [6, 6.07) is 16.4. The van der Waals surface area contributed by atoms with E-state index in [4.69, 9.17) is 4.74 Å². The molecule has 3 rings (SSSR count). The van der Waals surface area contributed by atoms with Crippen molar-refractivity contribution in [1.82, 2.24) is 0 Å². The lowest BCUT2D eigenvalue weighted by molar-refractivity contribution is -0.148. The van der Waals surface area contributed by atoms with Gasteiger partial charge in [0, 0.05) is 18.9 Å². The topological polar surface area (TPSA) is 75.7 Å². The Bertz CT molecular complexity index is 835. The Morgan fingerprint density at radius 2 is 1.81 bits per heavy atom. The first-order valence-electron chi connectivity index (χ1n) is 8.95. The van der Waals surface area contributed by atoms with Crippen molar-refractivity contribution in [2.24, 2.45) is 0 Å². The van der Waals surface area contributed by atoms with Crippen molar-refractivity contribution < 1.29 is 19.1 Å². The van der Waals surface area contributed by atoms with Gasteiger partial charge in [0.05, 0.1) is 11.4 Å². The lowest BCUT2D eigenvalue weighted by atomic mass is 10.1. The number of para-hydroxylation sites is 2. The molecular formula is C21H22N2O4. The summed E-state index contributed by atoms with van der Waals surface area (Å²) in [4.78, 5) is 38.2. The van der Waals surface area contributed by atoms with Crippen molar-refractivity contribution in [1.29, 1.82) is 0 Å². The number of carbonyl (C=O) groups excluding carboxylic acids is 3. The molecule has 0 saturated heterocycles. The second-order valence-electron chi connectivity index (χ2n) is 6.53. The van der Waals surface area contributed by atoms with Crippen molar-refractivity contribution in [2.75, 3.05) is 16.8 Å². The maximum Gasteiger partial charge on any atom is 0.306 e. The van der Waals surface area contributed by atoms with Crippen LogP contribution in [0.5, 0.6) is 0 Å². The van der Waals surface area contributed by atoms with Gasteiger partial charge in [0.15, 0.2) is 6.61 Å². The van der Waals surface area contributed by atoms with Gasteiger partial charge in [0.1, 0.15) is 0 Å². The van der Waals surface area contributed by atoms with E-state index in [1.807, 2.05) is 30.3 Å². The minimum atomic E-state index is -0.419. The molecule has 6 heteroatoms. The highest BCUT2D eigenvalue weighted by Gasteiger charge is 2.29. The molecule has 1 heterocycles. The number of benzene rings is 2. The minimum Gasteiger partial charge on any atom is -0.456 e. The maximum atomic E-state index is 12.7. The predicted octanol–water partition coefficient (Wildman–Crippen LogP) is 2.93. The highest BCUT2D eigenvalue weighted by molar-refractivity contribution is 6.05. The van der Waals surface area contributed by atoms with Crippen molar-refractivity contribution in [3.05, 3.63) is 60.2 Å². The zero-order valence-electron chi connectivity index (χ0n) is 15.2. The number of esters is 1. The molecule has 2 aromatic rings. The van der Waals surface area contributed by atoms with Crippen LogP contribution in [-0.2, 0) is 25.5 Å². The van der Waals surface area contributed by atoms with Gasteiger partial charge in [-0.3, -0.25) is 14.4 Å². The van der Waals surface area contributed by atoms with Crippen molar-refractivity contribution in [3.8, 4) is 0 Å². The number of hydrogen-bond acceptors (Lipinski definition) is 4. The monoisotopic (exact) mass is 366 g/mol. The van der Waals surface area contributed by atoms with E-state index in [9.17, 15) is 14.4 Å². The number of rotatable bonds is 5. The molecule has 0 bridgehead atoms. The average molecular weight is 366 g/mol. The summed E-state index contributed by atoms with van der Waals surface area (Å²) in [6.07, 6.45) is 0.959. The lowest BCUT2D eigenvalue weighted by Crippen LogP contribution is -2.41. The van der Waals surface area contributed by atoms with E-state index in [1.54, 1.807) is 31.2 Å². The Hall–Kier alpha value is -3.15. The van der Waals surface area contributed by atoms with Gasteiger partial charge in [-0.15, -0.1) is 0 Å². The van der Waals surface area contributed by atoms with Gasteiger partial charge in [0.25, 0.3) is 5.91 Å². The molecule has 1 N–H and O–H groups in total. The number of hydrogen-bond donors (Lipinski definition) is 1. The number of ether oxygens (including phenoxy) is 1. The van der Waals surface area contributed by atoms with Crippen LogP contribution in [-0.4, -0.2) is 30.4 Å². The van der Waals surface area contributed by atoms with Crippen LogP contribution in [0.3, 0.4) is 0 Å². The van der Waals surface area contributed by atoms with Crippen molar-refractivity contribution >= 4 is 29.2 Å². The molecule has 0 unspecified atom stereocenters. The zero-order chi connectivity index (χ0) is 19.2. The molecule has 0 aromatic heterocycles. The number of nitrogens with zero attached hydrogens (tertiary/aromatic N) is 1. The maximum absolute atomic E-state index is 12.7. The SMILES string of the molecule is C[C@@H]1CC(=O)Nc2ccccc2N1C(=O)COC(=O)CCc1ccccc1. The first-order valence-corrected chi connectivity index (χ1v) is 8.95. The normalized spacial score (nSPS) is 16.1. The molecule has 6 nitrogen and oxygen atoms in total. The third kappa shape index (κ3) is 4.73. The summed E-state index contributed by atoms with van der Waals surface area (Å²) in [6.45, 7) is 1.46. The van der Waals surface area contributed by atoms with Gasteiger partial charge in [-0.1, -0.05) is 42.5 Å². The first kappa shape index (κ1) is 18.6. The minimum absolute atomic E-state index is 0.148. The number of fused-ring (bicyclic) bond motifs is 1. The van der Waals surface area contributed by atoms with E-state index in [2.05, 4.69) is 5.32 Å². The van der Waals surface area contributed by atoms with Crippen LogP contribution in [0.15, 0.2) is 54.6 Å². The third-order valence-electron chi connectivity index (χ3n) is 4.45. The van der Waals surface area contributed by atoms with E-state index in [0.29, 0.717) is 17.8 Å². The number of amides is 2. The molecule has 1 aliphatic heterocycles. The van der Waals surface area contributed by atoms with E-state index < -0.39 is 5.97 Å². The number of aryl methyl sites for hydroxylation is 1. The average Bonchev–Trinajstić information content (AvgIpc) is 2.79. The molecule has 27 heavy (non-hydrogen) atoms. The number of carbonyl (C=O) groups is 3. The summed E-state index contributed by atoms with van der Waals surface area (Å²) < 4.78 is 5.17. The molecule has 0 aliphatic carbocycles. The molecular weight excluding hydrogens is 344 g/mol. The third-order valence-corrected chi connectivity index (χ3v) is 4.45. The largest absolute Gasteiger partial charge is 0.456 e. The zero-order valence-corrected chi connectivity index (χ0v) is 15.2. The number of anilines is 2. The van der Waals surface area contributed by atoms with Gasteiger partial charge in [-0.05, 0) is 31.0 Å². The molecule has 2 amide bonds. The van der Waals surface area contributed by atoms with Gasteiger partial charge < -0.3 is 15.0 Å². The second kappa shape index (κ2) is 8.49. The number of nitrogens with one attached hydrogen (secondary N) is 1. The highest BCUT2D eigenvalue weighted by atomic mass is 16.5. The van der Waals surface area contributed by atoms with Crippen LogP contribution < -0.4 is 10.2 Å². The second-order valence-corrected chi connectivity index (χ2v) is 6.53. The van der Waals surface area contributed by atoms with Crippen molar-refractivity contribution in [3.63, 3.8) is 0 Å². The molecule has 140 valence electrons. The molecule has 0 spiro atoms. The van der Waals surface area contributed by atoms with Crippen LogP contribution in [0.4, 0.5) is 11.4 Å². The molecule has 2 aromatic carbocycles. The first-order chi connectivity index (χ1) is 13.0. The smallest absolute Gasteiger partial charge is 0.306 e. The Kier molecular flexibility index (Phi) is 5.86. The van der Waals surface area contributed by atoms with E-state index >= 15 is 0 Å². The van der Waals surface area contributed by atoms with Crippen LogP contribution in [0, 0.1) is 0 Å². The summed E-state index contributed by atoms with van der Waals surface area (Å²) in [7, 11) is 0. The standard InChI is InChI=1S/C21H22N2O4/c1-15-13-19(24)22-17-9-5-6-10-18(17)23(15)20(25)14-27-21(26)12-11-16-7-3-2-4-8-16/h2-10,15H,11-14H2,1H3,(H,22,24)/t15-/m1/s1. The van der Waals surface area contributed by atoms with E-state index in [0.717, 1.165) is 5.56 Å². The van der Waals surface area contributed by atoms with E-state index in [-0.39, 0.29) is 37.3 Å². The molecule has 1 aliphatic rings. The Labute approximate surface area is 158 Å². The van der Waals surface area contributed by atoms with Crippen LogP contribution in [0.25, 0.3) is 0 Å². The summed E-state index contributed by atoms with van der Waals surface area (Å²) in [5.74, 6) is -0.915. The quantitative estimate of drug-likeness (QED) is 0.826. The van der Waals surface area contributed by atoms with Gasteiger partial charge in [-0.25, -0.2) is 0 Å².